The highest BCUT2D eigenvalue weighted by atomic mass is 16.4. The Morgan fingerprint density at radius 2 is 1.38 bits per heavy atom. The molecule has 0 spiro atoms. The van der Waals surface area contributed by atoms with Crippen LogP contribution in [0.2, 0.25) is 0 Å². The standard InChI is InChI=1S/C12H22N2O2/c1-3-9-5-10(4-2)12(8-14-16)6-11(9)7-13-15/h7-12,15-16H,3-6H2,1-2H3/b13-7+,14-8+. The fraction of sp³-hybridized carbons (Fsp3) is 0.833. The third kappa shape index (κ3) is 2.97. The average molecular weight is 226 g/mol. The zero-order chi connectivity index (χ0) is 12.0. The molecule has 1 fully saturated rings. The first-order valence-electron chi connectivity index (χ1n) is 6.11. The molecule has 1 saturated carbocycles. The van der Waals surface area contributed by atoms with Gasteiger partial charge < -0.3 is 10.4 Å². The maximum atomic E-state index is 8.66. The molecule has 4 atom stereocenters. The molecule has 4 heteroatoms. The van der Waals surface area contributed by atoms with Crippen molar-refractivity contribution < 1.29 is 10.4 Å². The lowest BCUT2D eigenvalue weighted by atomic mass is 9.67. The highest BCUT2D eigenvalue weighted by Gasteiger charge is 2.34. The van der Waals surface area contributed by atoms with Crippen molar-refractivity contribution in [3.8, 4) is 0 Å². The maximum absolute atomic E-state index is 8.66. The molecule has 0 aromatic carbocycles. The summed E-state index contributed by atoms with van der Waals surface area (Å²) in [6.45, 7) is 4.35. The molecule has 0 aromatic rings. The van der Waals surface area contributed by atoms with Crippen LogP contribution in [0.1, 0.15) is 39.5 Å². The van der Waals surface area contributed by atoms with E-state index in [1.165, 1.54) is 0 Å². The molecular formula is C12H22N2O2. The van der Waals surface area contributed by atoms with Crippen molar-refractivity contribution in [2.24, 2.45) is 34.0 Å². The van der Waals surface area contributed by atoms with Gasteiger partial charge in [-0.25, -0.2) is 0 Å². The molecule has 0 aliphatic heterocycles. The summed E-state index contributed by atoms with van der Waals surface area (Å²) in [5.41, 5.74) is 0. The number of hydrogen-bond acceptors (Lipinski definition) is 4. The molecule has 0 heterocycles. The summed E-state index contributed by atoms with van der Waals surface area (Å²) in [4.78, 5) is 0. The van der Waals surface area contributed by atoms with Gasteiger partial charge in [-0.15, -0.1) is 10.3 Å². The second-order valence-electron chi connectivity index (χ2n) is 4.66. The summed E-state index contributed by atoms with van der Waals surface area (Å²) in [6, 6.07) is 0. The van der Waals surface area contributed by atoms with E-state index in [4.69, 9.17) is 10.4 Å². The van der Waals surface area contributed by atoms with Gasteiger partial charge in [-0.3, -0.25) is 0 Å². The highest BCUT2D eigenvalue weighted by Crippen LogP contribution is 2.39. The summed E-state index contributed by atoms with van der Waals surface area (Å²) in [6.07, 6.45) is 7.54. The van der Waals surface area contributed by atoms with Crippen molar-refractivity contribution in [1.82, 2.24) is 0 Å². The molecule has 0 aromatic heterocycles. The molecule has 0 radical (unpaired) electrons. The Morgan fingerprint density at radius 3 is 1.69 bits per heavy atom. The van der Waals surface area contributed by atoms with Crippen molar-refractivity contribution in [3.05, 3.63) is 0 Å². The van der Waals surface area contributed by atoms with E-state index in [-0.39, 0.29) is 0 Å². The van der Waals surface area contributed by atoms with E-state index in [0.717, 1.165) is 25.7 Å². The minimum atomic E-state index is 0.306. The summed E-state index contributed by atoms with van der Waals surface area (Å²) >= 11 is 0. The monoisotopic (exact) mass is 226 g/mol. The molecule has 1 aliphatic rings. The van der Waals surface area contributed by atoms with Gasteiger partial charge in [-0.2, -0.15) is 0 Å². The number of rotatable bonds is 4. The van der Waals surface area contributed by atoms with Gasteiger partial charge in [0.2, 0.25) is 0 Å². The van der Waals surface area contributed by atoms with Crippen LogP contribution in [-0.4, -0.2) is 22.8 Å². The highest BCUT2D eigenvalue weighted by molar-refractivity contribution is 5.65. The Kier molecular flexibility index (Phi) is 5.29. The van der Waals surface area contributed by atoms with Crippen molar-refractivity contribution in [2.75, 3.05) is 0 Å². The first-order chi connectivity index (χ1) is 7.76. The van der Waals surface area contributed by atoms with E-state index in [9.17, 15) is 0 Å². The SMILES string of the molecule is CCC1CC(CC)C(/C=N/O)CC1/C=N/O. The van der Waals surface area contributed by atoms with Gasteiger partial charge >= 0.3 is 0 Å². The van der Waals surface area contributed by atoms with E-state index in [0.29, 0.717) is 23.7 Å². The summed E-state index contributed by atoms with van der Waals surface area (Å²) in [5.74, 6) is 1.79. The molecular weight excluding hydrogens is 204 g/mol. The van der Waals surface area contributed by atoms with Gasteiger partial charge in [-0.1, -0.05) is 26.7 Å². The van der Waals surface area contributed by atoms with Crippen molar-refractivity contribution in [2.45, 2.75) is 39.5 Å². The minimum absolute atomic E-state index is 0.306. The van der Waals surface area contributed by atoms with Crippen LogP contribution < -0.4 is 0 Å². The van der Waals surface area contributed by atoms with Gasteiger partial charge in [-0.05, 0) is 24.7 Å². The number of hydrogen-bond donors (Lipinski definition) is 2. The predicted octanol–water partition coefficient (Wildman–Crippen LogP) is 2.99. The van der Waals surface area contributed by atoms with Crippen molar-refractivity contribution >= 4 is 12.4 Å². The molecule has 2 N–H and O–H groups in total. The Hall–Kier alpha value is -1.06. The zero-order valence-electron chi connectivity index (χ0n) is 10.1. The van der Waals surface area contributed by atoms with Gasteiger partial charge in [0.05, 0.1) is 0 Å². The van der Waals surface area contributed by atoms with E-state index >= 15 is 0 Å². The van der Waals surface area contributed by atoms with Crippen LogP contribution in [0.3, 0.4) is 0 Å². The Balaban J connectivity index is 2.75. The average Bonchev–Trinajstić information content (AvgIpc) is 2.30. The second-order valence-corrected chi connectivity index (χ2v) is 4.66. The molecule has 0 bridgehead atoms. The van der Waals surface area contributed by atoms with Gasteiger partial charge in [0.25, 0.3) is 0 Å². The Bertz CT molecular complexity index is 229. The zero-order valence-corrected chi connectivity index (χ0v) is 10.1. The van der Waals surface area contributed by atoms with Crippen LogP contribution in [0.4, 0.5) is 0 Å². The molecule has 16 heavy (non-hydrogen) atoms. The summed E-state index contributed by atoms with van der Waals surface area (Å²) < 4.78 is 0. The topological polar surface area (TPSA) is 65.2 Å². The van der Waals surface area contributed by atoms with E-state index in [1.807, 2.05) is 0 Å². The molecule has 1 rings (SSSR count). The lowest BCUT2D eigenvalue weighted by molar-refractivity contribution is 0.179. The van der Waals surface area contributed by atoms with Crippen LogP contribution >= 0.6 is 0 Å². The molecule has 0 saturated heterocycles. The predicted molar refractivity (Wildman–Crippen MR) is 64.3 cm³/mol. The first kappa shape index (κ1) is 13.0. The molecule has 92 valence electrons. The van der Waals surface area contributed by atoms with Gasteiger partial charge in [0.1, 0.15) is 0 Å². The third-order valence-corrected chi connectivity index (χ3v) is 3.93. The fourth-order valence-electron chi connectivity index (χ4n) is 2.91. The van der Waals surface area contributed by atoms with Crippen molar-refractivity contribution in [3.63, 3.8) is 0 Å². The lowest BCUT2D eigenvalue weighted by Gasteiger charge is -2.37. The normalized spacial score (nSPS) is 36.1. The third-order valence-electron chi connectivity index (χ3n) is 3.93. The van der Waals surface area contributed by atoms with Crippen LogP contribution in [0, 0.1) is 23.7 Å². The Labute approximate surface area is 97.0 Å². The van der Waals surface area contributed by atoms with E-state index in [1.54, 1.807) is 12.4 Å². The quantitative estimate of drug-likeness (QED) is 0.439. The number of nitrogens with zero attached hydrogens (tertiary/aromatic N) is 2. The van der Waals surface area contributed by atoms with Crippen LogP contribution in [0.5, 0.6) is 0 Å². The van der Waals surface area contributed by atoms with Gasteiger partial charge in [0, 0.05) is 24.3 Å². The second kappa shape index (κ2) is 6.51. The van der Waals surface area contributed by atoms with E-state index in [2.05, 4.69) is 24.2 Å². The fourth-order valence-corrected chi connectivity index (χ4v) is 2.91. The summed E-state index contributed by atoms with van der Waals surface area (Å²) in [5, 5.41) is 23.7. The largest absolute Gasteiger partial charge is 0.411 e. The van der Waals surface area contributed by atoms with Crippen molar-refractivity contribution in [1.29, 1.82) is 0 Å². The minimum Gasteiger partial charge on any atom is -0.411 e. The summed E-state index contributed by atoms with van der Waals surface area (Å²) in [7, 11) is 0. The smallest absolute Gasteiger partial charge is 0.0469 e. The number of oxime groups is 2. The lowest BCUT2D eigenvalue weighted by Crippen LogP contribution is -2.33. The first-order valence-corrected chi connectivity index (χ1v) is 6.11. The molecule has 0 amide bonds. The van der Waals surface area contributed by atoms with Crippen LogP contribution in [-0.2, 0) is 0 Å². The molecule has 1 aliphatic carbocycles. The van der Waals surface area contributed by atoms with Gasteiger partial charge in [0.15, 0.2) is 0 Å². The van der Waals surface area contributed by atoms with Crippen LogP contribution in [0.15, 0.2) is 10.3 Å². The maximum Gasteiger partial charge on any atom is 0.0469 e. The Morgan fingerprint density at radius 1 is 0.938 bits per heavy atom. The van der Waals surface area contributed by atoms with Crippen LogP contribution in [0.25, 0.3) is 0 Å². The molecule has 4 nitrogen and oxygen atoms in total. The van der Waals surface area contributed by atoms with E-state index < -0.39 is 0 Å². The molecule has 4 unspecified atom stereocenters.